The van der Waals surface area contributed by atoms with Crippen LogP contribution in [0.25, 0.3) is 0 Å². The van der Waals surface area contributed by atoms with Gasteiger partial charge < -0.3 is 9.64 Å². The molecular formula is C21H29N5O2S. The summed E-state index contributed by atoms with van der Waals surface area (Å²) in [6.07, 6.45) is 5.53. The van der Waals surface area contributed by atoms with E-state index in [0.717, 1.165) is 51.8 Å². The summed E-state index contributed by atoms with van der Waals surface area (Å²) in [4.78, 5) is 15.0. The molecule has 0 saturated carbocycles. The molecule has 0 unspecified atom stereocenters. The van der Waals surface area contributed by atoms with Crippen molar-refractivity contribution in [1.29, 1.82) is 0 Å². The number of nitrogens with zero attached hydrogens (tertiary/aromatic N) is 5. The number of hydrogen-bond acceptors (Lipinski definition) is 6. The number of hydrogen-bond donors (Lipinski definition) is 0. The van der Waals surface area contributed by atoms with Crippen LogP contribution >= 0.6 is 11.8 Å². The number of aromatic nitrogens is 4. The molecule has 2 fully saturated rings. The van der Waals surface area contributed by atoms with E-state index < -0.39 is 0 Å². The summed E-state index contributed by atoms with van der Waals surface area (Å²) in [5.74, 6) is 0.836. The van der Waals surface area contributed by atoms with Crippen LogP contribution in [0.5, 0.6) is 0 Å². The molecular weight excluding hydrogens is 386 g/mol. The maximum absolute atomic E-state index is 12.9. The Bertz CT molecular complexity index is 785. The molecule has 0 spiro atoms. The smallest absolute Gasteiger partial charge is 0.235 e. The van der Waals surface area contributed by atoms with Crippen LogP contribution in [-0.2, 0) is 22.5 Å². The van der Waals surface area contributed by atoms with Crippen molar-refractivity contribution in [2.75, 3.05) is 19.7 Å². The molecule has 156 valence electrons. The molecule has 7 nitrogen and oxygen atoms in total. The van der Waals surface area contributed by atoms with Gasteiger partial charge in [0.2, 0.25) is 11.1 Å². The van der Waals surface area contributed by atoms with E-state index in [1.807, 2.05) is 11.8 Å². The average molecular weight is 416 g/mol. The van der Waals surface area contributed by atoms with Gasteiger partial charge in [-0.3, -0.25) is 4.79 Å². The van der Waals surface area contributed by atoms with Gasteiger partial charge in [0.1, 0.15) is 0 Å². The lowest BCUT2D eigenvalue weighted by atomic mass is 9.90. The minimum Gasteiger partial charge on any atom is -0.376 e. The third kappa shape index (κ3) is 5.36. The number of ether oxygens (including phenoxy) is 1. The van der Waals surface area contributed by atoms with Crippen LogP contribution in [0.3, 0.4) is 0 Å². The maximum Gasteiger partial charge on any atom is 0.235 e. The fourth-order valence-corrected chi connectivity index (χ4v) is 5.03. The van der Waals surface area contributed by atoms with E-state index in [9.17, 15) is 4.79 Å². The molecule has 3 heterocycles. The Morgan fingerprint density at radius 2 is 2.03 bits per heavy atom. The summed E-state index contributed by atoms with van der Waals surface area (Å²) in [6.45, 7) is 5.09. The monoisotopic (exact) mass is 415 g/mol. The summed E-state index contributed by atoms with van der Waals surface area (Å²) >= 11 is 1.45. The second-order valence-corrected chi connectivity index (χ2v) is 9.31. The average Bonchev–Trinajstić information content (AvgIpc) is 3.42. The van der Waals surface area contributed by atoms with Gasteiger partial charge in [0.05, 0.1) is 17.9 Å². The van der Waals surface area contributed by atoms with Crippen molar-refractivity contribution in [3.63, 3.8) is 0 Å². The second kappa shape index (κ2) is 9.71. The maximum atomic E-state index is 12.9. The molecule has 2 aromatic rings. The zero-order valence-corrected chi connectivity index (χ0v) is 17.8. The number of thioether (sulfide) groups is 1. The Kier molecular flexibility index (Phi) is 6.82. The quantitative estimate of drug-likeness (QED) is 0.648. The van der Waals surface area contributed by atoms with Crippen molar-refractivity contribution in [2.24, 2.45) is 5.92 Å². The molecule has 0 aliphatic carbocycles. The largest absolute Gasteiger partial charge is 0.376 e. The Labute approximate surface area is 176 Å². The Balaban J connectivity index is 1.26. The highest BCUT2D eigenvalue weighted by Crippen LogP contribution is 2.27. The molecule has 0 radical (unpaired) electrons. The molecule has 1 aromatic heterocycles. The van der Waals surface area contributed by atoms with Gasteiger partial charge in [-0.05, 0) is 60.9 Å². The minimum absolute atomic E-state index is 0.174. The van der Waals surface area contributed by atoms with Gasteiger partial charge in [0.15, 0.2) is 0 Å². The second-order valence-electron chi connectivity index (χ2n) is 8.00. The molecule has 2 aliphatic heterocycles. The van der Waals surface area contributed by atoms with E-state index in [2.05, 4.69) is 45.9 Å². The summed E-state index contributed by atoms with van der Waals surface area (Å²) in [7, 11) is 0. The molecule has 2 atom stereocenters. The van der Waals surface area contributed by atoms with E-state index in [1.165, 1.54) is 17.3 Å². The Morgan fingerprint density at radius 3 is 2.76 bits per heavy atom. The lowest BCUT2D eigenvalue weighted by Gasteiger charge is -2.33. The van der Waals surface area contributed by atoms with Gasteiger partial charge in [-0.15, -0.1) is 5.10 Å². The molecule has 4 rings (SSSR count). The fourth-order valence-electron chi connectivity index (χ4n) is 4.15. The topological polar surface area (TPSA) is 73.1 Å². The van der Waals surface area contributed by atoms with Crippen LogP contribution in [0.4, 0.5) is 0 Å². The Morgan fingerprint density at radius 1 is 1.24 bits per heavy atom. The van der Waals surface area contributed by atoms with E-state index in [-0.39, 0.29) is 17.3 Å². The Hall–Kier alpha value is -1.93. The van der Waals surface area contributed by atoms with Crippen LogP contribution in [0.2, 0.25) is 0 Å². The van der Waals surface area contributed by atoms with Crippen LogP contribution in [0.1, 0.15) is 38.2 Å². The third-order valence-electron chi connectivity index (χ3n) is 5.82. The van der Waals surface area contributed by atoms with E-state index in [1.54, 1.807) is 4.68 Å². The first kappa shape index (κ1) is 20.3. The van der Waals surface area contributed by atoms with Gasteiger partial charge >= 0.3 is 0 Å². The van der Waals surface area contributed by atoms with Gasteiger partial charge in [-0.25, -0.2) is 4.68 Å². The first-order chi connectivity index (χ1) is 14.2. The van der Waals surface area contributed by atoms with Crippen LogP contribution < -0.4 is 0 Å². The number of rotatable bonds is 7. The van der Waals surface area contributed by atoms with E-state index in [0.29, 0.717) is 17.6 Å². The number of likely N-dealkylation sites (tertiary alicyclic amines) is 1. The lowest BCUT2D eigenvalue weighted by molar-refractivity contribution is -0.131. The van der Waals surface area contributed by atoms with Gasteiger partial charge in [-0.1, -0.05) is 42.1 Å². The molecule has 8 heteroatoms. The summed E-state index contributed by atoms with van der Waals surface area (Å²) in [5, 5.41) is 12.5. The first-order valence-electron chi connectivity index (χ1n) is 10.6. The van der Waals surface area contributed by atoms with Crippen LogP contribution in [-0.4, -0.2) is 62.1 Å². The molecule has 1 amide bonds. The van der Waals surface area contributed by atoms with Crippen molar-refractivity contribution in [3.05, 3.63) is 35.9 Å². The van der Waals surface area contributed by atoms with E-state index in [4.69, 9.17) is 4.74 Å². The number of carbonyl (C=O) groups is 1. The zero-order valence-electron chi connectivity index (χ0n) is 16.9. The number of tetrazole rings is 1. The zero-order chi connectivity index (χ0) is 20.1. The van der Waals surface area contributed by atoms with Crippen molar-refractivity contribution < 1.29 is 9.53 Å². The molecule has 29 heavy (non-hydrogen) atoms. The lowest BCUT2D eigenvalue weighted by Crippen LogP contribution is -2.42. The van der Waals surface area contributed by atoms with Gasteiger partial charge in [-0.2, -0.15) is 0 Å². The predicted molar refractivity (Wildman–Crippen MR) is 112 cm³/mol. The van der Waals surface area contributed by atoms with Gasteiger partial charge in [0, 0.05) is 19.7 Å². The van der Waals surface area contributed by atoms with Crippen LogP contribution in [0, 0.1) is 5.92 Å². The summed E-state index contributed by atoms with van der Waals surface area (Å²) in [6, 6.07) is 10.6. The number of benzene rings is 1. The molecule has 2 aliphatic rings. The highest BCUT2D eigenvalue weighted by atomic mass is 32.2. The SMILES string of the molecule is C[C@@H](Sc1nnnn1C[C@H]1CCCO1)C(=O)N1CCC(Cc2ccccc2)CC1. The number of carbonyl (C=O) groups excluding carboxylic acids is 1. The van der Waals surface area contributed by atoms with E-state index >= 15 is 0 Å². The van der Waals surface area contributed by atoms with Crippen molar-refractivity contribution in [3.8, 4) is 0 Å². The molecule has 1 aromatic carbocycles. The normalized spacial score (nSPS) is 21.4. The summed E-state index contributed by atoms with van der Waals surface area (Å²) < 4.78 is 7.45. The molecule has 0 bridgehead atoms. The standard InChI is InChI=1S/C21H29N5O2S/c1-16(29-21-22-23-24-26(21)15-19-8-5-13-28-19)20(27)25-11-9-18(10-12-25)14-17-6-3-2-4-7-17/h2-4,6-7,16,18-19H,5,8-15H2,1H3/t16-,19-/m1/s1. The highest BCUT2D eigenvalue weighted by Gasteiger charge is 2.28. The number of amides is 1. The molecule has 0 N–H and O–H groups in total. The summed E-state index contributed by atoms with van der Waals surface area (Å²) in [5.41, 5.74) is 1.39. The third-order valence-corrected chi connectivity index (χ3v) is 6.88. The van der Waals surface area contributed by atoms with Crippen molar-refractivity contribution >= 4 is 17.7 Å². The van der Waals surface area contributed by atoms with Crippen molar-refractivity contribution in [2.45, 2.75) is 62.1 Å². The number of piperidine rings is 1. The van der Waals surface area contributed by atoms with Crippen molar-refractivity contribution in [1.82, 2.24) is 25.1 Å². The predicted octanol–water partition coefficient (Wildman–Crippen LogP) is 2.81. The van der Waals surface area contributed by atoms with Gasteiger partial charge in [0.25, 0.3) is 0 Å². The minimum atomic E-state index is -0.199. The highest BCUT2D eigenvalue weighted by molar-refractivity contribution is 8.00. The fraction of sp³-hybridized carbons (Fsp3) is 0.619. The van der Waals surface area contributed by atoms with Crippen LogP contribution in [0.15, 0.2) is 35.5 Å². The molecule has 2 saturated heterocycles. The first-order valence-corrected chi connectivity index (χ1v) is 11.4.